The summed E-state index contributed by atoms with van der Waals surface area (Å²) in [6, 6.07) is 10.3. The highest BCUT2D eigenvalue weighted by atomic mass is 32.1. The fourth-order valence-corrected chi connectivity index (χ4v) is 2.83. The number of hydrogen-bond donors (Lipinski definition) is 2. The number of rotatable bonds is 7. The highest BCUT2D eigenvalue weighted by Gasteiger charge is 2.19. The molecule has 0 aliphatic heterocycles. The van der Waals surface area contributed by atoms with Gasteiger partial charge in [0.2, 0.25) is 5.91 Å². The number of benzene rings is 1. The molecule has 1 aromatic carbocycles. The normalized spacial score (nSPS) is 13.0. The van der Waals surface area contributed by atoms with E-state index < -0.39 is 6.04 Å². The number of carbonyl (C=O) groups is 2. The van der Waals surface area contributed by atoms with Crippen LogP contribution in [0.5, 0.6) is 5.75 Å². The van der Waals surface area contributed by atoms with E-state index in [0.717, 1.165) is 11.3 Å². The summed E-state index contributed by atoms with van der Waals surface area (Å²) in [6.07, 6.45) is 0. The molecule has 5 nitrogen and oxygen atoms in total. The van der Waals surface area contributed by atoms with E-state index in [9.17, 15) is 9.59 Å². The summed E-state index contributed by atoms with van der Waals surface area (Å²) >= 11 is 1.34. The minimum Gasteiger partial charge on any atom is -0.494 e. The summed E-state index contributed by atoms with van der Waals surface area (Å²) in [7, 11) is 0. The van der Waals surface area contributed by atoms with Gasteiger partial charge in [-0.25, -0.2) is 0 Å². The number of hydrogen-bond acceptors (Lipinski definition) is 4. The third-order valence-electron chi connectivity index (χ3n) is 3.51. The minimum absolute atomic E-state index is 0.181. The zero-order chi connectivity index (χ0) is 17.5. The maximum absolute atomic E-state index is 12.3. The van der Waals surface area contributed by atoms with Gasteiger partial charge < -0.3 is 15.4 Å². The third kappa shape index (κ3) is 4.83. The summed E-state index contributed by atoms with van der Waals surface area (Å²) < 4.78 is 5.47. The van der Waals surface area contributed by atoms with Crippen LogP contribution in [-0.2, 0) is 4.79 Å². The summed E-state index contributed by atoms with van der Waals surface area (Å²) in [5, 5.41) is 7.44. The number of nitrogens with one attached hydrogen (secondary N) is 2. The molecule has 0 fully saturated rings. The number of carbonyl (C=O) groups excluding carboxylic acids is 2. The van der Waals surface area contributed by atoms with Crippen LogP contribution in [0.2, 0.25) is 0 Å². The molecular formula is C18H22N2O3S. The molecule has 6 heteroatoms. The zero-order valence-corrected chi connectivity index (χ0v) is 14.9. The van der Waals surface area contributed by atoms with Crippen molar-refractivity contribution in [2.75, 3.05) is 6.61 Å². The second-order valence-corrected chi connectivity index (χ2v) is 6.36. The third-order valence-corrected chi connectivity index (χ3v) is 4.38. The fourth-order valence-electron chi connectivity index (χ4n) is 2.20. The van der Waals surface area contributed by atoms with Crippen molar-refractivity contribution >= 4 is 23.2 Å². The van der Waals surface area contributed by atoms with Gasteiger partial charge in [-0.3, -0.25) is 9.59 Å². The first kappa shape index (κ1) is 18.0. The van der Waals surface area contributed by atoms with Crippen molar-refractivity contribution in [2.45, 2.75) is 32.9 Å². The standard InChI is InChI=1S/C18H22N2O3S/c1-4-23-15-8-5-7-14(11-15)12(2)19-17(21)13(3)20-18(22)16-9-6-10-24-16/h5-13H,4H2,1-3H3,(H,19,21)(H,20,22)/t12-,13+/m1/s1. The molecule has 1 aromatic heterocycles. The van der Waals surface area contributed by atoms with Crippen LogP contribution in [0.3, 0.4) is 0 Å². The number of ether oxygens (including phenoxy) is 1. The zero-order valence-electron chi connectivity index (χ0n) is 14.0. The maximum atomic E-state index is 12.3. The van der Waals surface area contributed by atoms with E-state index in [1.54, 1.807) is 19.1 Å². The van der Waals surface area contributed by atoms with E-state index in [1.807, 2.05) is 43.5 Å². The first-order valence-electron chi connectivity index (χ1n) is 7.88. The van der Waals surface area contributed by atoms with Crippen LogP contribution in [0.1, 0.15) is 42.0 Å². The van der Waals surface area contributed by atoms with Crippen LogP contribution in [0.25, 0.3) is 0 Å². The molecule has 2 atom stereocenters. The first-order valence-corrected chi connectivity index (χ1v) is 8.76. The molecule has 2 rings (SSSR count). The predicted molar refractivity (Wildman–Crippen MR) is 95.4 cm³/mol. The molecule has 0 radical (unpaired) electrons. The summed E-state index contributed by atoms with van der Waals surface area (Å²) in [5.41, 5.74) is 0.950. The molecule has 0 bridgehead atoms. The largest absolute Gasteiger partial charge is 0.494 e. The van der Waals surface area contributed by atoms with Crippen molar-refractivity contribution in [1.29, 1.82) is 0 Å². The molecule has 128 valence electrons. The van der Waals surface area contributed by atoms with Crippen molar-refractivity contribution in [2.24, 2.45) is 0 Å². The summed E-state index contributed by atoms with van der Waals surface area (Å²) in [5.74, 6) is 0.308. The molecule has 24 heavy (non-hydrogen) atoms. The Hall–Kier alpha value is -2.34. The highest BCUT2D eigenvalue weighted by Crippen LogP contribution is 2.19. The molecule has 0 aliphatic carbocycles. The van der Waals surface area contributed by atoms with Crippen LogP contribution in [-0.4, -0.2) is 24.5 Å². The monoisotopic (exact) mass is 346 g/mol. The van der Waals surface area contributed by atoms with Gasteiger partial charge in [0.25, 0.3) is 5.91 Å². The molecule has 0 aliphatic rings. The van der Waals surface area contributed by atoms with Gasteiger partial charge in [-0.05, 0) is 49.9 Å². The SMILES string of the molecule is CCOc1cccc([C@@H](C)NC(=O)[C@H](C)NC(=O)c2cccs2)c1. The lowest BCUT2D eigenvalue weighted by atomic mass is 10.1. The van der Waals surface area contributed by atoms with Crippen LogP contribution in [0, 0.1) is 0 Å². The molecule has 2 amide bonds. The quantitative estimate of drug-likeness (QED) is 0.809. The Labute approximate surface area is 146 Å². The second-order valence-electron chi connectivity index (χ2n) is 5.41. The van der Waals surface area contributed by atoms with Crippen LogP contribution < -0.4 is 15.4 Å². The maximum Gasteiger partial charge on any atom is 0.261 e. The topological polar surface area (TPSA) is 67.4 Å². The number of thiophene rings is 1. The van der Waals surface area contributed by atoms with E-state index >= 15 is 0 Å². The van der Waals surface area contributed by atoms with Crippen molar-refractivity contribution in [3.05, 3.63) is 52.2 Å². The van der Waals surface area contributed by atoms with Crippen LogP contribution >= 0.6 is 11.3 Å². The van der Waals surface area contributed by atoms with E-state index in [4.69, 9.17) is 4.74 Å². The molecule has 0 spiro atoms. The van der Waals surface area contributed by atoms with Crippen molar-refractivity contribution < 1.29 is 14.3 Å². The lowest BCUT2D eigenvalue weighted by molar-refractivity contribution is -0.123. The van der Waals surface area contributed by atoms with E-state index in [-0.39, 0.29) is 17.9 Å². The molecular weight excluding hydrogens is 324 g/mol. The smallest absolute Gasteiger partial charge is 0.261 e. The Morgan fingerprint density at radius 2 is 1.96 bits per heavy atom. The van der Waals surface area contributed by atoms with E-state index in [2.05, 4.69) is 10.6 Å². The summed E-state index contributed by atoms with van der Waals surface area (Å²) in [6.45, 7) is 6.09. The van der Waals surface area contributed by atoms with Gasteiger partial charge in [0, 0.05) is 0 Å². The highest BCUT2D eigenvalue weighted by molar-refractivity contribution is 7.12. The molecule has 1 heterocycles. The Morgan fingerprint density at radius 3 is 2.62 bits per heavy atom. The van der Waals surface area contributed by atoms with Gasteiger partial charge in [0.1, 0.15) is 11.8 Å². The molecule has 0 saturated carbocycles. The van der Waals surface area contributed by atoms with Gasteiger partial charge in [-0.2, -0.15) is 0 Å². The summed E-state index contributed by atoms with van der Waals surface area (Å²) in [4.78, 5) is 24.9. The first-order chi connectivity index (χ1) is 11.5. The average molecular weight is 346 g/mol. The minimum atomic E-state index is -0.614. The van der Waals surface area contributed by atoms with Gasteiger partial charge in [0.05, 0.1) is 17.5 Å². The lowest BCUT2D eigenvalue weighted by Crippen LogP contribution is -2.45. The Morgan fingerprint density at radius 1 is 1.17 bits per heavy atom. The second kappa shape index (κ2) is 8.49. The van der Waals surface area contributed by atoms with Gasteiger partial charge >= 0.3 is 0 Å². The van der Waals surface area contributed by atoms with Crippen molar-refractivity contribution in [3.63, 3.8) is 0 Å². The molecule has 2 aromatic rings. The van der Waals surface area contributed by atoms with Gasteiger partial charge in [-0.1, -0.05) is 18.2 Å². The fraction of sp³-hybridized carbons (Fsp3) is 0.333. The average Bonchev–Trinajstić information content (AvgIpc) is 3.10. The Bertz CT molecular complexity index is 685. The Kier molecular flexibility index (Phi) is 6.37. The van der Waals surface area contributed by atoms with Crippen LogP contribution in [0.4, 0.5) is 0 Å². The predicted octanol–water partition coefficient (Wildman–Crippen LogP) is 3.14. The Balaban J connectivity index is 1.93. The van der Waals surface area contributed by atoms with Gasteiger partial charge in [0.15, 0.2) is 0 Å². The lowest BCUT2D eigenvalue weighted by Gasteiger charge is -2.19. The molecule has 2 N–H and O–H groups in total. The van der Waals surface area contributed by atoms with E-state index in [0.29, 0.717) is 11.5 Å². The van der Waals surface area contributed by atoms with Gasteiger partial charge in [-0.15, -0.1) is 11.3 Å². The number of amides is 2. The van der Waals surface area contributed by atoms with Crippen molar-refractivity contribution in [3.8, 4) is 5.75 Å². The molecule has 0 unspecified atom stereocenters. The molecule has 0 saturated heterocycles. The van der Waals surface area contributed by atoms with Crippen molar-refractivity contribution in [1.82, 2.24) is 10.6 Å². The van der Waals surface area contributed by atoms with E-state index in [1.165, 1.54) is 11.3 Å². The van der Waals surface area contributed by atoms with Crippen LogP contribution in [0.15, 0.2) is 41.8 Å².